The summed E-state index contributed by atoms with van der Waals surface area (Å²) in [5.74, 6) is -0.957. The maximum Gasteiger partial charge on any atom is 0.305 e. The molecule has 1 amide bonds. The second-order valence-electron chi connectivity index (χ2n) is 5.19. The van der Waals surface area contributed by atoms with E-state index < -0.39 is 21.8 Å². The lowest BCUT2D eigenvalue weighted by molar-refractivity contribution is -0.138. The fourth-order valence-electron chi connectivity index (χ4n) is 2.52. The molecule has 1 aliphatic heterocycles. The van der Waals surface area contributed by atoms with Crippen LogP contribution in [0.2, 0.25) is 0 Å². The Morgan fingerprint density at radius 3 is 2.62 bits per heavy atom. The standard InChI is InChI=1S/C13H17NO6S/c1-8-5-11(9(2)20-8)13(17)14-3-4-21(18,19)7-10(14)6-12(15)16/h5,10H,3-4,6-7H2,1-2H3,(H,15,16). The largest absolute Gasteiger partial charge is 0.481 e. The van der Waals surface area contributed by atoms with Gasteiger partial charge in [0.05, 0.1) is 29.5 Å². The minimum absolute atomic E-state index is 0.00276. The second-order valence-corrected chi connectivity index (χ2v) is 7.42. The number of amides is 1. The molecule has 1 saturated heterocycles. The van der Waals surface area contributed by atoms with Crippen molar-refractivity contribution < 1.29 is 27.5 Å². The number of nitrogens with zero attached hydrogens (tertiary/aromatic N) is 1. The number of furan rings is 1. The number of hydrogen-bond acceptors (Lipinski definition) is 5. The molecule has 1 fully saturated rings. The molecular weight excluding hydrogens is 298 g/mol. The highest BCUT2D eigenvalue weighted by molar-refractivity contribution is 7.91. The molecule has 1 aromatic heterocycles. The molecule has 0 spiro atoms. The molecule has 7 nitrogen and oxygen atoms in total. The Hall–Kier alpha value is -1.83. The van der Waals surface area contributed by atoms with Gasteiger partial charge in [0.1, 0.15) is 11.5 Å². The van der Waals surface area contributed by atoms with Gasteiger partial charge in [-0.3, -0.25) is 9.59 Å². The first-order valence-electron chi connectivity index (χ1n) is 6.50. The summed E-state index contributed by atoms with van der Waals surface area (Å²) in [6.45, 7) is 3.36. The molecule has 2 heterocycles. The number of carboxylic acids is 1. The van der Waals surface area contributed by atoms with E-state index in [9.17, 15) is 18.0 Å². The topological polar surface area (TPSA) is 105 Å². The molecule has 1 aliphatic rings. The Balaban J connectivity index is 2.29. The molecule has 1 aromatic rings. The lowest BCUT2D eigenvalue weighted by atomic mass is 10.1. The Morgan fingerprint density at radius 2 is 2.10 bits per heavy atom. The number of aliphatic carboxylic acids is 1. The van der Waals surface area contributed by atoms with Gasteiger partial charge in [-0.2, -0.15) is 0 Å². The van der Waals surface area contributed by atoms with E-state index in [0.717, 1.165) is 0 Å². The van der Waals surface area contributed by atoms with Crippen LogP contribution < -0.4 is 0 Å². The third kappa shape index (κ3) is 3.44. The van der Waals surface area contributed by atoms with Gasteiger partial charge in [0, 0.05) is 6.54 Å². The zero-order valence-corrected chi connectivity index (χ0v) is 12.6. The zero-order chi connectivity index (χ0) is 15.8. The van der Waals surface area contributed by atoms with E-state index in [4.69, 9.17) is 9.52 Å². The van der Waals surface area contributed by atoms with Crippen molar-refractivity contribution in [2.45, 2.75) is 26.3 Å². The maximum atomic E-state index is 12.5. The number of carboxylic acid groups (broad SMARTS) is 1. The molecular formula is C13H17NO6S. The molecule has 116 valence electrons. The quantitative estimate of drug-likeness (QED) is 0.876. The van der Waals surface area contributed by atoms with Crippen LogP contribution in [0.4, 0.5) is 0 Å². The van der Waals surface area contributed by atoms with E-state index in [-0.39, 0.29) is 30.4 Å². The van der Waals surface area contributed by atoms with Crippen molar-refractivity contribution in [2.24, 2.45) is 0 Å². The monoisotopic (exact) mass is 315 g/mol. The van der Waals surface area contributed by atoms with Crippen LogP contribution in [0.15, 0.2) is 10.5 Å². The minimum atomic E-state index is -3.31. The smallest absolute Gasteiger partial charge is 0.305 e. The average molecular weight is 315 g/mol. The lowest BCUT2D eigenvalue weighted by Gasteiger charge is -2.34. The Morgan fingerprint density at radius 1 is 1.43 bits per heavy atom. The van der Waals surface area contributed by atoms with Crippen LogP contribution in [0.3, 0.4) is 0 Å². The van der Waals surface area contributed by atoms with Gasteiger partial charge in [0.15, 0.2) is 9.84 Å². The first-order valence-corrected chi connectivity index (χ1v) is 8.32. The molecule has 1 atom stereocenters. The first-order chi connectivity index (χ1) is 9.69. The highest BCUT2D eigenvalue weighted by Crippen LogP contribution is 2.21. The van der Waals surface area contributed by atoms with Crippen molar-refractivity contribution in [1.82, 2.24) is 4.90 Å². The number of sulfone groups is 1. The number of carbonyl (C=O) groups excluding carboxylic acids is 1. The van der Waals surface area contributed by atoms with Crippen LogP contribution in [0.25, 0.3) is 0 Å². The summed E-state index contributed by atoms with van der Waals surface area (Å²) in [4.78, 5) is 24.7. The van der Waals surface area contributed by atoms with Gasteiger partial charge in [-0.1, -0.05) is 0 Å². The third-order valence-electron chi connectivity index (χ3n) is 3.47. The summed E-state index contributed by atoms with van der Waals surface area (Å²) in [5, 5.41) is 8.91. The number of carbonyl (C=O) groups is 2. The average Bonchev–Trinajstić information content (AvgIpc) is 2.66. The van der Waals surface area contributed by atoms with Crippen LogP contribution in [0.1, 0.15) is 28.3 Å². The van der Waals surface area contributed by atoms with E-state index in [2.05, 4.69) is 0 Å². The predicted molar refractivity (Wildman–Crippen MR) is 73.9 cm³/mol. The second kappa shape index (κ2) is 5.51. The fraction of sp³-hybridized carbons (Fsp3) is 0.538. The maximum absolute atomic E-state index is 12.5. The highest BCUT2D eigenvalue weighted by atomic mass is 32.2. The SMILES string of the molecule is Cc1cc(C(=O)N2CCS(=O)(=O)CC2CC(=O)O)c(C)o1. The fourth-order valence-corrected chi connectivity index (χ4v) is 4.05. The van der Waals surface area contributed by atoms with Gasteiger partial charge in [0.25, 0.3) is 5.91 Å². The number of aryl methyl sites for hydroxylation is 2. The van der Waals surface area contributed by atoms with Crippen LogP contribution in [-0.2, 0) is 14.6 Å². The predicted octanol–water partition coefficient (Wildman–Crippen LogP) is 0.610. The van der Waals surface area contributed by atoms with Gasteiger partial charge < -0.3 is 14.4 Å². The van der Waals surface area contributed by atoms with Gasteiger partial charge in [-0.25, -0.2) is 8.42 Å². The van der Waals surface area contributed by atoms with Crippen molar-refractivity contribution in [3.63, 3.8) is 0 Å². The van der Waals surface area contributed by atoms with Crippen molar-refractivity contribution in [1.29, 1.82) is 0 Å². The first kappa shape index (κ1) is 15.6. The van der Waals surface area contributed by atoms with Gasteiger partial charge in [-0.05, 0) is 19.9 Å². The zero-order valence-electron chi connectivity index (χ0n) is 11.8. The highest BCUT2D eigenvalue weighted by Gasteiger charge is 2.36. The lowest BCUT2D eigenvalue weighted by Crippen LogP contribution is -2.52. The normalized spacial score (nSPS) is 21.2. The summed E-state index contributed by atoms with van der Waals surface area (Å²) in [6, 6.07) is 0.738. The van der Waals surface area contributed by atoms with Crippen molar-refractivity contribution in [2.75, 3.05) is 18.1 Å². The molecule has 0 aliphatic carbocycles. The van der Waals surface area contributed by atoms with Gasteiger partial charge in [0.2, 0.25) is 0 Å². The number of rotatable bonds is 3. The molecule has 0 aromatic carbocycles. The molecule has 1 unspecified atom stereocenters. The van der Waals surface area contributed by atoms with Crippen molar-refractivity contribution in [3.05, 3.63) is 23.2 Å². The van der Waals surface area contributed by atoms with Gasteiger partial charge in [-0.15, -0.1) is 0 Å². The molecule has 8 heteroatoms. The summed E-state index contributed by atoms with van der Waals surface area (Å²) >= 11 is 0. The van der Waals surface area contributed by atoms with Crippen LogP contribution in [0, 0.1) is 13.8 Å². The van der Waals surface area contributed by atoms with E-state index in [1.165, 1.54) is 4.90 Å². The van der Waals surface area contributed by atoms with E-state index in [0.29, 0.717) is 17.1 Å². The summed E-state index contributed by atoms with van der Waals surface area (Å²) < 4.78 is 28.6. The molecule has 0 radical (unpaired) electrons. The van der Waals surface area contributed by atoms with E-state index in [1.54, 1.807) is 19.9 Å². The summed E-state index contributed by atoms with van der Waals surface area (Å²) in [6.07, 6.45) is -0.388. The van der Waals surface area contributed by atoms with Crippen molar-refractivity contribution >= 4 is 21.7 Å². The van der Waals surface area contributed by atoms with E-state index in [1.807, 2.05) is 0 Å². The molecule has 0 saturated carbocycles. The molecule has 2 rings (SSSR count). The Labute approximate surface area is 122 Å². The van der Waals surface area contributed by atoms with Crippen molar-refractivity contribution in [3.8, 4) is 0 Å². The number of hydrogen-bond donors (Lipinski definition) is 1. The minimum Gasteiger partial charge on any atom is -0.481 e. The molecule has 1 N–H and O–H groups in total. The molecule has 21 heavy (non-hydrogen) atoms. The molecule has 0 bridgehead atoms. The Kier molecular flexibility index (Phi) is 4.08. The van der Waals surface area contributed by atoms with Crippen LogP contribution >= 0.6 is 0 Å². The van der Waals surface area contributed by atoms with E-state index >= 15 is 0 Å². The summed E-state index contributed by atoms with van der Waals surface area (Å²) in [5.41, 5.74) is 0.349. The Bertz CT molecular complexity index is 675. The van der Waals surface area contributed by atoms with Crippen LogP contribution in [-0.4, -0.2) is 54.4 Å². The summed E-state index contributed by atoms with van der Waals surface area (Å²) in [7, 11) is -3.31. The third-order valence-corrected chi connectivity index (χ3v) is 5.17. The van der Waals surface area contributed by atoms with Crippen LogP contribution in [0.5, 0.6) is 0 Å². The van der Waals surface area contributed by atoms with Gasteiger partial charge >= 0.3 is 5.97 Å².